The fraction of sp³-hybridized carbons (Fsp3) is 0.357. The third-order valence-electron chi connectivity index (χ3n) is 6.36. The number of halogens is 1. The van der Waals surface area contributed by atoms with E-state index in [0.717, 1.165) is 61.2 Å². The van der Waals surface area contributed by atoms with Crippen molar-refractivity contribution in [3.05, 3.63) is 82.9 Å². The van der Waals surface area contributed by atoms with E-state index < -0.39 is 0 Å². The number of aromatic amines is 1. The van der Waals surface area contributed by atoms with E-state index in [1.54, 1.807) is 18.3 Å². The van der Waals surface area contributed by atoms with E-state index in [0.29, 0.717) is 18.0 Å². The number of aromatic nitrogens is 2. The number of H-pyrrole nitrogens is 1. The first kappa shape index (κ1) is 23.6. The van der Waals surface area contributed by atoms with Crippen LogP contribution in [0.25, 0.3) is 0 Å². The first-order valence-electron chi connectivity index (χ1n) is 12.0. The zero-order valence-electron chi connectivity index (χ0n) is 19.6. The van der Waals surface area contributed by atoms with Gasteiger partial charge < -0.3 is 10.2 Å². The molecule has 1 fully saturated rings. The van der Waals surface area contributed by atoms with Crippen LogP contribution in [0, 0.1) is 23.6 Å². The zero-order valence-corrected chi connectivity index (χ0v) is 19.6. The normalized spacial score (nSPS) is 15.5. The number of anilines is 1. The second kappa shape index (κ2) is 11.5. The van der Waals surface area contributed by atoms with Gasteiger partial charge in [-0.2, -0.15) is 5.10 Å². The molecule has 4 rings (SSSR count). The van der Waals surface area contributed by atoms with Crippen molar-refractivity contribution in [2.75, 3.05) is 24.5 Å². The van der Waals surface area contributed by atoms with Crippen LogP contribution in [-0.2, 0) is 6.42 Å². The van der Waals surface area contributed by atoms with Gasteiger partial charge in [-0.3, -0.25) is 9.89 Å². The summed E-state index contributed by atoms with van der Waals surface area (Å²) in [6, 6.07) is 12.0. The van der Waals surface area contributed by atoms with Crippen LogP contribution in [0.15, 0.2) is 54.9 Å². The van der Waals surface area contributed by atoms with Gasteiger partial charge in [-0.1, -0.05) is 25.2 Å². The highest BCUT2D eigenvalue weighted by Gasteiger charge is 2.21. The summed E-state index contributed by atoms with van der Waals surface area (Å²) in [5.41, 5.74) is 4.35. The van der Waals surface area contributed by atoms with Crippen LogP contribution in [0.5, 0.6) is 0 Å². The molecule has 1 atom stereocenters. The van der Waals surface area contributed by atoms with Crippen molar-refractivity contribution in [3.8, 4) is 11.8 Å². The number of rotatable bonds is 7. The summed E-state index contributed by atoms with van der Waals surface area (Å²) >= 11 is 0. The molecular weight excluding hydrogens is 427 g/mol. The molecule has 1 amide bonds. The summed E-state index contributed by atoms with van der Waals surface area (Å²) < 4.78 is 13.3. The fourth-order valence-corrected chi connectivity index (χ4v) is 4.35. The Morgan fingerprint density at radius 2 is 2.09 bits per heavy atom. The van der Waals surface area contributed by atoms with Crippen LogP contribution >= 0.6 is 0 Å². The highest BCUT2D eigenvalue weighted by molar-refractivity contribution is 5.95. The standard InChI is InChI=1S/C28H31FN4O/c1-2-21-6-4-16-33(20-21)27-14-11-25(28(34)30-15-3-5-23-18-31-32-19-23)17-24(27)10-7-22-8-12-26(29)13-9-22/h8-9,11-14,17-19,21H,2-6,15-16,20H2,1H3,(H,30,34)(H,31,32). The molecule has 2 aromatic carbocycles. The minimum absolute atomic E-state index is 0.103. The molecule has 34 heavy (non-hydrogen) atoms. The highest BCUT2D eigenvalue weighted by Crippen LogP contribution is 2.28. The molecule has 1 unspecified atom stereocenters. The lowest BCUT2D eigenvalue weighted by atomic mass is 9.94. The lowest BCUT2D eigenvalue weighted by Crippen LogP contribution is -2.35. The van der Waals surface area contributed by atoms with E-state index in [2.05, 4.69) is 39.2 Å². The van der Waals surface area contributed by atoms with Gasteiger partial charge in [0.15, 0.2) is 0 Å². The molecule has 2 heterocycles. The Bertz CT molecular complexity index is 1150. The number of benzene rings is 2. The van der Waals surface area contributed by atoms with Gasteiger partial charge in [0.25, 0.3) is 5.91 Å². The minimum Gasteiger partial charge on any atom is -0.370 e. The largest absolute Gasteiger partial charge is 0.370 e. The third kappa shape index (κ3) is 6.26. The number of carbonyl (C=O) groups is 1. The molecule has 0 saturated carbocycles. The lowest BCUT2D eigenvalue weighted by molar-refractivity contribution is 0.0953. The highest BCUT2D eigenvalue weighted by atomic mass is 19.1. The molecule has 6 heteroatoms. The first-order chi connectivity index (χ1) is 16.6. The number of piperidine rings is 1. The van der Waals surface area contributed by atoms with Crippen molar-refractivity contribution < 1.29 is 9.18 Å². The molecule has 2 N–H and O–H groups in total. The van der Waals surface area contributed by atoms with E-state index in [1.165, 1.54) is 18.6 Å². The Kier molecular flexibility index (Phi) is 7.98. The van der Waals surface area contributed by atoms with Crippen molar-refractivity contribution in [1.29, 1.82) is 0 Å². The molecular formula is C28H31FN4O. The second-order valence-corrected chi connectivity index (χ2v) is 8.82. The van der Waals surface area contributed by atoms with E-state index in [4.69, 9.17) is 0 Å². The predicted octanol–water partition coefficient (Wildman–Crippen LogP) is 4.94. The molecule has 0 radical (unpaired) electrons. The van der Waals surface area contributed by atoms with Gasteiger partial charge >= 0.3 is 0 Å². The van der Waals surface area contributed by atoms with Crippen LogP contribution in [0.3, 0.4) is 0 Å². The van der Waals surface area contributed by atoms with Gasteiger partial charge in [0, 0.05) is 42.5 Å². The quantitative estimate of drug-likeness (QED) is 0.390. The summed E-state index contributed by atoms with van der Waals surface area (Å²) in [5.74, 6) is 6.69. The predicted molar refractivity (Wildman–Crippen MR) is 133 cm³/mol. The van der Waals surface area contributed by atoms with Crippen LogP contribution in [-0.4, -0.2) is 35.7 Å². The molecule has 1 aliphatic rings. The van der Waals surface area contributed by atoms with E-state index in [9.17, 15) is 9.18 Å². The van der Waals surface area contributed by atoms with Crippen molar-refractivity contribution in [2.24, 2.45) is 5.92 Å². The van der Waals surface area contributed by atoms with Crippen molar-refractivity contribution in [1.82, 2.24) is 15.5 Å². The third-order valence-corrected chi connectivity index (χ3v) is 6.36. The Labute approximate surface area is 200 Å². The minimum atomic E-state index is -0.281. The molecule has 3 aromatic rings. The van der Waals surface area contributed by atoms with Gasteiger partial charge in [-0.15, -0.1) is 0 Å². The number of hydrogen-bond donors (Lipinski definition) is 2. The van der Waals surface area contributed by atoms with Crippen molar-refractivity contribution in [3.63, 3.8) is 0 Å². The zero-order chi connectivity index (χ0) is 23.8. The van der Waals surface area contributed by atoms with Crippen LogP contribution in [0.2, 0.25) is 0 Å². The number of nitrogens with zero attached hydrogens (tertiary/aromatic N) is 2. The molecule has 0 bridgehead atoms. The summed E-state index contributed by atoms with van der Waals surface area (Å²) in [7, 11) is 0. The summed E-state index contributed by atoms with van der Waals surface area (Å²) in [6.07, 6.45) is 8.94. The SMILES string of the molecule is CCC1CCCN(c2ccc(C(=O)NCCCc3cn[nH]c3)cc2C#Cc2ccc(F)cc2)C1. The van der Waals surface area contributed by atoms with E-state index in [1.807, 2.05) is 24.4 Å². The van der Waals surface area contributed by atoms with Gasteiger partial charge in [0.05, 0.1) is 11.9 Å². The van der Waals surface area contributed by atoms with Gasteiger partial charge in [-0.05, 0) is 79.6 Å². The smallest absolute Gasteiger partial charge is 0.251 e. The van der Waals surface area contributed by atoms with Gasteiger partial charge in [0.1, 0.15) is 5.82 Å². The molecule has 1 aliphatic heterocycles. The summed E-state index contributed by atoms with van der Waals surface area (Å²) in [5, 5.41) is 9.76. The molecule has 1 aromatic heterocycles. The second-order valence-electron chi connectivity index (χ2n) is 8.82. The maximum absolute atomic E-state index is 13.3. The molecule has 1 saturated heterocycles. The molecule has 176 valence electrons. The number of hydrogen-bond acceptors (Lipinski definition) is 3. The maximum Gasteiger partial charge on any atom is 0.251 e. The van der Waals surface area contributed by atoms with E-state index >= 15 is 0 Å². The topological polar surface area (TPSA) is 61.0 Å². The number of carbonyl (C=O) groups excluding carboxylic acids is 1. The number of nitrogens with one attached hydrogen (secondary N) is 2. The maximum atomic E-state index is 13.3. The Hall–Kier alpha value is -3.59. The first-order valence-corrected chi connectivity index (χ1v) is 12.0. The molecule has 0 spiro atoms. The van der Waals surface area contributed by atoms with Crippen LogP contribution in [0.1, 0.15) is 59.7 Å². The number of aryl methyl sites for hydroxylation is 1. The Balaban J connectivity index is 1.52. The fourth-order valence-electron chi connectivity index (χ4n) is 4.35. The average molecular weight is 459 g/mol. The van der Waals surface area contributed by atoms with Crippen molar-refractivity contribution in [2.45, 2.75) is 39.0 Å². The van der Waals surface area contributed by atoms with Crippen LogP contribution < -0.4 is 10.2 Å². The summed E-state index contributed by atoms with van der Waals surface area (Å²) in [6.45, 7) is 4.82. The van der Waals surface area contributed by atoms with Gasteiger partial charge in [0.2, 0.25) is 0 Å². The Morgan fingerprint density at radius 1 is 1.24 bits per heavy atom. The van der Waals surface area contributed by atoms with Crippen molar-refractivity contribution >= 4 is 11.6 Å². The monoisotopic (exact) mass is 458 g/mol. The van der Waals surface area contributed by atoms with Gasteiger partial charge in [-0.25, -0.2) is 4.39 Å². The number of amides is 1. The summed E-state index contributed by atoms with van der Waals surface area (Å²) in [4.78, 5) is 15.2. The van der Waals surface area contributed by atoms with E-state index in [-0.39, 0.29) is 11.7 Å². The lowest BCUT2D eigenvalue weighted by Gasteiger charge is -2.34. The Morgan fingerprint density at radius 3 is 2.85 bits per heavy atom. The molecule has 5 nitrogen and oxygen atoms in total. The van der Waals surface area contributed by atoms with Crippen LogP contribution in [0.4, 0.5) is 10.1 Å². The molecule has 0 aliphatic carbocycles. The average Bonchev–Trinajstić information content (AvgIpc) is 3.39.